The third-order valence-electron chi connectivity index (χ3n) is 11.5. The molecule has 0 aromatic heterocycles. The molecule has 0 radical (unpaired) electrons. The van der Waals surface area contributed by atoms with E-state index in [-0.39, 0.29) is 36.8 Å². The average molecular weight is 797 g/mol. The van der Waals surface area contributed by atoms with Crippen LogP contribution in [0.15, 0.2) is 0 Å². The van der Waals surface area contributed by atoms with Crippen molar-refractivity contribution in [2.75, 3.05) is 19.6 Å². The molecule has 0 aliphatic carbocycles. The molecule has 4 saturated heterocycles. The van der Waals surface area contributed by atoms with Crippen molar-refractivity contribution < 1.29 is 58.5 Å². The number of carbonyl (C=O) groups is 7. The van der Waals surface area contributed by atoms with E-state index in [1.165, 1.54) is 20.8 Å². The zero-order chi connectivity index (χ0) is 41.7. The van der Waals surface area contributed by atoms with Gasteiger partial charge in [0.25, 0.3) is 23.6 Å². The van der Waals surface area contributed by atoms with Gasteiger partial charge < -0.3 is 35.6 Å². The highest BCUT2D eigenvalue weighted by atomic mass is 16.6. The molecule has 0 aromatic carbocycles. The van der Waals surface area contributed by atoms with Crippen molar-refractivity contribution in [1.29, 1.82) is 0 Å². The molecule has 4 aliphatic rings. The van der Waals surface area contributed by atoms with Gasteiger partial charge in [-0.25, -0.2) is 20.7 Å². The maximum absolute atomic E-state index is 14.4. The predicted molar refractivity (Wildman–Crippen MR) is 195 cm³/mol. The van der Waals surface area contributed by atoms with Crippen molar-refractivity contribution in [2.24, 2.45) is 11.8 Å². The van der Waals surface area contributed by atoms with Crippen molar-refractivity contribution in [1.82, 2.24) is 41.9 Å². The molecule has 316 valence electrons. The Kier molecular flexibility index (Phi) is 14.8. The van der Waals surface area contributed by atoms with Crippen LogP contribution in [0.5, 0.6) is 0 Å². The molecule has 4 fully saturated rings. The summed E-state index contributed by atoms with van der Waals surface area (Å²) >= 11 is 0. The maximum Gasteiger partial charge on any atom is 0.328 e. The molecule has 1 unspecified atom stereocenters. The minimum Gasteiger partial charge on any atom is -0.458 e. The Labute approximate surface area is 326 Å². The normalized spacial score (nSPS) is 35.0. The van der Waals surface area contributed by atoms with E-state index < -0.39 is 102 Å². The number of hydroxylamine groups is 2. The number of esters is 1. The maximum atomic E-state index is 14.4. The van der Waals surface area contributed by atoms with Gasteiger partial charge in [0.15, 0.2) is 5.60 Å². The number of amides is 6. The fraction of sp³-hybridized carbons (Fsp3) is 0.806. The van der Waals surface area contributed by atoms with Crippen LogP contribution in [0.25, 0.3) is 0 Å². The Bertz CT molecular complexity index is 1500. The summed E-state index contributed by atoms with van der Waals surface area (Å²) in [6.07, 6.45) is 1.08. The minimum absolute atomic E-state index is 0.00237. The largest absolute Gasteiger partial charge is 0.458 e. The first kappa shape index (κ1) is 44.8. The molecule has 6 amide bonds. The van der Waals surface area contributed by atoms with Crippen molar-refractivity contribution in [3.05, 3.63) is 0 Å². The second-order valence-electron chi connectivity index (χ2n) is 15.7. The fourth-order valence-electron chi connectivity index (χ4n) is 7.43. The number of nitrogens with one attached hydrogen (secondary N) is 5. The van der Waals surface area contributed by atoms with Crippen molar-refractivity contribution >= 4 is 41.4 Å². The summed E-state index contributed by atoms with van der Waals surface area (Å²) in [6, 6.07) is -7.22. The number of ether oxygens (including phenoxy) is 2. The van der Waals surface area contributed by atoms with Gasteiger partial charge in [0.05, 0.1) is 12.6 Å². The molecule has 4 rings (SSSR count). The third kappa shape index (κ3) is 9.76. The standard InChI is InChI=1S/C36H60N8O12/c1-8-19(2)17-24-13-14-36(53,56-22(24)5)35(7,52)34(51)41-28-23(6)55-33(50)20(3)40-30(47)25-11-9-15-38-42(25)27(45)18-37-29(46)21(4)44(54)31(48)26-12-10-16-39-43(26)32(28)49/h19-26,28,38-39,52-54H,8-18H2,1-7H3,(H,37,46)(H,40,47)(H,41,51)/t19-,20+,21-,22+,23?,24+,25-,26+,28-,35+,36+/m0/s1. The van der Waals surface area contributed by atoms with Crippen molar-refractivity contribution in [2.45, 2.75) is 154 Å². The van der Waals surface area contributed by atoms with E-state index in [1.54, 1.807) is 6.92 Å². The number of hydrogen-bond acceptors (Lipinski definition) is 14. The van der Waals surface area contributed by atoms with Gasteiger partial charge in [0.1, 0.15) is 36.3 Å². The molecule has 0 aromatic rings. The SMILES string of the molecule is CC[C@H](C)C[C@H]1CC[C@](O)([C@](C)(O)C(=O)N[C@@H]2C(=O)N3NCCC[C@@H]3C(=O)N(O)[C@@H](C)C(=O)NCC(=O)N3NCCC[C@H]3C(=O)N[C@H](C)C(=O)OC2C)O[C@@H]1C. The van der Waals surface area contributed by atoms with Crippen LogP contribution in [-0.4, -0.2) is 145 Å². The highest BCUT2D eigenvalue weighted by Gasteiger charge is 2.57. The molecule has 4 aliphatic heterocycles. The summed E-state index contributed by atoms with van der Waals surface area (Å²) < 4.78 is 11.6. The number of aliphatic hydroxyl groups is 2. The fourth-order valence-corrected chi connectivity index (χ4v) is 7.43. The Morgan fingerprint density at radius 1 is 0.946 bits per heavy atom. The van der Waals surface area contributed by atoms with Crippen molar-refractivity contribution in [3.63, 3.8) is 0 Å². The summed E-state index contributed by atoms with van der Waals surface area (Å²) in [5, 5.41) is 43.5. The zero-order valence-corrected chi connectivity index (χ0v) is 33.3. The molecule has 20 nitrogen and oxygen atoms in total. The topological polar surface area (TPSA) is 269 Å². The van der Waals surface area contributed by atoms with Crippen LogP contribution in [0.2, 0.25) is 0 Å². The molecular formula is C36H60N8O12. The number of rotatable bonds is 6. The first-order chi connectivity index (χ1) is 26.2. The van der Waals surface area contributed by atoms with Gasteiger partial charge >= 0.3 is 5.97 Å². The van der Waals surface area contributed by atoms with E-state index in [0.717, 1.165) is 29.8 Å². The van der Waals surface area contributed by atoms with Crippen LogP contribution >= 0.6 is 0 Å². The van der Waals surface area contributed by atoms with E-state index in [4.69, 9.17) is 9.47 Å². The van der Waals surface area contributed by atoms with Crippen molar-refractivity contribution in [3.8, 4) is 0 Å². The molecule has 56 heavy (non-hydrogen) atoms. The van der Waals surface area contributed by atoms with Gasteiger partial charge in [-0.1, -0.05) is 20.3 Å². The monoisotopic (exact) mass is 796 g/mol. The third-order valence-corrected chi connectivity index (χ3v) is 11.5. The number of cyclic esters (lactones) is 1. The Morgan fingerprint density at radius 3 is 2.20 bits per heavy atom. The quantitative estimate of drug-likeness (QED) is 0.110. The van der Waals surface area contributed by atoms with E-state index in [1.807, 2.05) is 0 Å². The lowest BCUT2D eigenvalue weighted by Crippen LogP contribution is -2.69. The highest BCUT2D eigenvalue weighted by Crippen LogP contribution is 2.40. The molecule has 20 heteroatoms. The molecule has 11 atom stereocenters. The number of nitrogens with zero attached hydrogens (tertiary/aromatic N) is 3. The summed E-state index contributed by atoms with van der Waals surface area (Å²) in [5.41, 5.74) is 2.96. The smallest absolute Gasteiger partial charge is 0.328 e. The Balaban J connectivity index is 1.67. The van der Waals surface area contributed by atoms with Gasteiger partial charge in [-0.05, 0) is 85.0 Å². The molecular weight excluding hydrogens is 736 g/mol. The second-order valence-corrected chi connectivity index (χ2v) is 15.7. The van der Waals surface area contributed by atoms with Crippen LogP contribution in [-0.2, 0) is 43.0 Å². The summed E-state index contributed by atoms with van der Waals surface area (Å²) in [5.74, 6) is -8.65. The van der Waals surface area contributed by atoms with Gasteiger partial charge in [-0.15, -0.1) is 0 Å². The molecule has 8 N–H and O–H groups in total. The summed E-state index contributed by atoms with van der Waals surface area (Å²) in [6.45, 7) is 10.7. The summed E-state index contributed by atoms with van der Waals surface area (Å²) in [4.78, 5) is 95.2. The zero-order valence-electron chi connectivity index (χ0n) is 33.3. The van der Waals surface area contributed by atoms with E-state index in [9.17, 15) is 49.0 Å². The Morgan fingerprint density at radius 2 is 1.57 bits per heavy atom. The minimum atomic E-state index is -2.65. The van der Waals surface area contributed by atoms with Crippen LogP contribution in [0.1, 0.15) is 99.8 Å². The number of hydrogen-bond donors (Lipinski definition) is 8. The van der Waals surface area contributed by atoms with Gasteiger partial charge in [0, 0.05) is 19.5 Å². The predicted octanol–water partition coefficient (Wildman–Crippen LogP) is -1.67. The van der Waals surface area contributed by atoms with Crippen LogP contribution in [0, 0.1) is 11.8 Å². The Hall–Kier alpha value is -3.95. The molecule has 0 bridgehead atoms. The van der Waals surface area contributed by atoms with Crippen LogP contribution < -0.4 is 26.8 Å². The average Bonchev–Trinajstić information content (AvgIpc) is 3.17. The van der Waals surface area contributed by atoms with Gasteiger partial charge in [0.2, 0.25) is 17.6 Å². The number of hydrazine groups is 2. The van der Waals surface area contributed by atoms with E-state index >= 15 is 0 Å². The lowest BCUT2D eigenvalue weighted by atomic mass is 9.79. The van der Waals surface area contributed by atoms with Crippen LogP contribution in [0.4, 0.5) is 0 Å². The second kappa shape index (κ2) is 18.5. The van der Waals surface area contributed by atoms with Gasteiger partial charge in [-0.3, -0.25) is 44.0 Å². The number of fused-ring (bicyclic) bond motifs is 2. The highest BCUT2D eigenvalue weighted by molar-refractivity contribution is 5.97. The molecule has 4 heterocycles. The van der Waals surface area contributed by atoms with E-state index in [2.05, 4.69) is 40.6 Å². The van der Waals surface area contributed by atoms with Gasteiger partial charge in [-0.2, -0.15) is 0 Å². The molecule has 0 saturated carbocycles. The van der Waals surface area contributed by atoms with Crippen LogP contribution in [0.3, 0.4) is 0 Å². The molecule has 0 spiro atoms. The summed E-state index contributed by atoms with van der Waals surface area (Å²) in [7, 11) is 0. The van der Waals surface area contributed by atoms with E-state index in [0.29, 0.717) is 31.7 Å². The first-order valence-corrected chi connectivity index (χ1v) is 19.6. The first-order valence-electron chi connectivity index (χ1n) is 19.6. The number of carbonyl (C=O) groups excluding carboxylic acids is 7. The lowest BCUT2D eigenvalue weighted by Gasteiger charge is -2.47. The lowest BCUT2D eigenvalue weighted by molar-refractivity contribution is -0.326.